The number of ether oxygens (including phenoxy) is 1. The summed E-state index contributed by atoms with van der Waals surface area (Å²) in [6.07, 6.45) is 0. The number of rotatable bonds is 6. The van der Waals surface area contributed by atoms with Gasteiger partial charge in [0.25, 0.3) is 11.8 Å². The largest absolute Gasteiger partial charge is 0.495 e. The molecule has 0 saturated carbocycles. The van der Waals surface area contributed by atoms with Gasteiger partial charge in [0.2, 0.25) is 0 Å². The molecule has 0 bridgehead atoms. The number of carbonyl (C=O) groups is 2. The molecule has 0 spiro atoms. The van der Waals surface area contributed by atoms with Gasteiger partial charge < -0.3 is 10.1 Å². The lowest BCUT2D eigenvalue weighted by Crippen LogP contribution is -2.32. The average Bonchev–Trinajstić information content (AvgIpc) is 3.05. The van der Waals surface area contributed by atoms with E-state index in [0.717, 1.165) is 22.4 Å². The van der Waals surface area contributed by atoms with Crippen LogP contribution in [0.1, 0.15) is 47.6 Å². The van der Waals surface area contributed by atoms with E-state index in [1.54, 1.807) is 12.1 Å². The number of nitrogens with zero attached hydrogens (tertiary/aromatic N) is 1. The minimum Gasteiger partial charge on any atom is -0.495 e. The normalized spacial score (nSPS) is 13.8. The van der Waals surface area contributed by atoms with Crippen LogP contribution in [0.15, 0.2) is 66.4 Å². The summed E-state index contributed by atoms with van der Waals surface area (Å²) in [5.74, 6) is 0.0844. The third-order valence-corrected chi connectivity index (χ3v) is 6.30. The Kier molecular flexibility index (Phi) is 6.29. The number of anilines is 2. The highest BCUT2D eigenvalue weighted by molar-refractivity contribution is 6.46. The van der Waals surface area contributed by atoms with Gasteiger partial charge >= 0.3 is 0 Å². The van der Waals surface area contributed by atoms with Crippen LogP contribution in [0.2, 0.25) is 0 Å². The van der Waals surface area contributed by atoms with Crippen molar-refractivity contribution in [2.75, 3.05) is 17.3 Å². The minimum atomic E-state index is -0.407. The van der Waals surface area contributed by atoms with Gasteiger partial charge in [-0.3, -0.25) is 9.59 Å². The first-order valence-electron chi connectivity index (χ1n) is 11.4. The number of imide groups is 1. The Labute approximate surface area is 201 Å². The summed E-state index contributed by atoms with van der Waals surface area (Å²) in [7, 11) is 1.53. The van der Waals surface area contributed by atoms with E-state index in [1.807, 2.05) is 69.3 Å². The number of carbonyl (C=O) groups excluding carboxylic acids is 2. The molecule has 1 aliphatic rings. The molecular weight excluding hydrogens is 424 g/mol. The summed E-state index contributed by atoms with van der Waals surface area (Å²) in [6.45, 7) is 10.2. The van der Waals surface area contributed by atoms with Crippen LogP contribution in [-0.4, -0.2) is 18.9 Å². The zero-order valence-corrected chi connectivity index (χ0v) is 20.5. The highest BCUT2D eigenvalue weighted by Crippen LogP contribution is 2.38. The molecule has 3 aromatic rings. The monoisotopic (exact) mass is 454 g/mol. The Hall–Kier alpha value is -3.86. The molecule has 1 heterocycles. The lowest BCUT2D eigenvalue weighted by molar-refractivity contribution is -0.120. The van der Waals surface area contributed by atoms with Crippen molar-refractivity contribution in [3.05, 3.63) is 94.2 Å². The number of hydrogen-bond donors (Lipinski definition) is 1. The van der Waals surface area contributed by atoms with E-state index in [-0.39, 0.29) is 11.6 Å². The topological polar surface area (TPSA) is 58.6 Å². The maximum atomic E-state index is 13.8. The van der Waals surface area contributed by atoms with Crippen molar-refractivity contribution in [2.45, 2.75) is 40.5 Å². The summed E-state index contributed by atoms with van der Waals surface area (Å²) < 4.78 is 5.49. The van der Waals surface area contributed by atoms with Crippen LogP contribution in [-0.2, 0) is 9.59 Å². The van der Waals surface area contributed by atoms with E-state index in [1.165, 1.54) is 17.6 Å². The highest BCUT2D eigenvalue weighted by atomic mass is 16.5. The van der Waals surface area contributed by atoms with E-state index in [9.17, 15) is 9.59 Å². The van der Waals surface area contributed by atoms with Gasteiger partial charge in [-0.25, -0.2) is 4.90 Å². The van der Waals surface area contributed by atoms with Crippen molar-refractivity contribution in [1.82, 2.24) is 0 Å². The zero-order chi connectivity index (χ0) is 24.6. The molecule has 5 nitrogen and oxygen atoms in total. The lowest BCUT2D eigenvalue weighted by atomic mass is 9.99. The second-order valence-electron chi connectivity index (χ2n) is 9.07. The van der Waals surface area contributed by atoms with Crippen molar-refractivity contribution in [1.29, 1.82) is 0 Å². The maximum Gasteiger partial charge on any atom is 0.282 e. The Morgan fingerprint density at radius 1 is 0.824 bits per heavy atom. The molecule has 0 atom stereocenters. The second kappa shape index (κ2) is 9.18. The Morgan fingerprint density at radius 3 is 2.15 bits per heavy atom. The standard InChI is InChI=1S/C29H30N2O3/c1-17(2)21-10-12-23(13-11-21)30-27-26(22-9-8-19(4)20(5)16-22)28(32)31(29(27)33)24-15-18(3)7-14-25(24)34-6/h7-17,30H,1-6H3. The maximum absolute atomic E-state index is 13.8. The third-order valence-electron chi connectivity index (χ3n) is 6.30. The molecular formula is C29H30N2O3. The van der Waals surface area contributed by atoms with Crippen LogP contribution < -0.4 is 15.0 Å². The molecule has 34 heavy (non-hydrogen) atoms. The molecule has 2 amide bonds. The number of benzene rings is 3. The van der Waals surface area contributed by atoms with Gasteiger partial charge in [0.05, 0.1) is 18.4 Å². The number of hydrogen-bond acceptors (Lipinski definition) is 4. The Bertz CT molecular complexity index is 1300. The van der Waals surface area contributed by atoms with Gasteiger partial charge in [-0.2, -0.15) is 0 Å². The Morgan fingerprint density at radius 2 is 1.53 bits per heavy atom. The highest BCUT2D eigenvalue weighted by Gasteiger charge is 2.41. The van der Waals surface area contributed by atoms with Gasteiger partial charge in [0.15, 0.2) is 0 Å². The summed E-state index contributed by atoms with van der Waals surface area (Å²) in [5.41, 5.74) is 6.81. The van der Waals surface area contributed by atoms with Crippen molar-refractivity contribution in [3.63, 3.8) is 0 Å². The molecule has 1 aliphatic heterocycles. The van der Waals surface area contributed by atoms with Gasteiger partial charge in [-0.15, -0.1) is 0 Å². The fourth-order valence-electron chi connectivity index (χ4n) is 4.10. The van der Waals surface area contributed by atoms with E-state index < -0.39 is 5.91 Å². The van der Waals surface area contributed by atoms with Crippen molar-refractivity contribution < 1.29 is 14.3 Å². The predicted octanol–water partition coefficient (Wildman–Crippen LogP) is 6.14. The first-order valence-corrected chi connectivity index (χ1v) is 11.4. The fourth-order valence-corrected chi connectivity index (χ4v) is 4.10. The first-order chi connectivity index (χ1) is 16.2. The van der Waals surface area contributed by atoms with E-state index in [2.05, 4.69) is 19.2 Å². The summed E-state index contributed by atoms with van der Waals surface area (Å²) in [5, 5.41) is 3.25. The van der Waals surface area contributed by atoms with E-state index in [4.69, 9.17) is 4.74 Å². The summed E-state index contributed by atoms with van der Waals surface area (Å²) in [4.78, 5) is 28.7. The minimum absolute atomic E-state index is 0.258. The van der Waals surface area contributed by atoms with Crippen molar-refractivity contribution >= 4 is 28.8 Å². The number of nitrogens with one attached hydrogen (secondary N) is 1. The lowest BCUT2D eigenvalue weighted by Gasteiger charge is -2.19. The van der Waals surface area contributed by atoms with Crippen LogP contribution in [0.5, 0.6) is 5.75 Å². The van der Waals surface area contributed by atoms with Crippen LogP contribution in [0.25, 0.3) is 5.57 Å². The molecule has 0 radical (unpaired) electrons. The average molecular weight is 455 g/mol. The number of amides is 2. The third kappa shape index (κ3) is 4.21. The van der Waals surface area contributed by atoms with Gasteiger partial charge in [-0.05, 0) is 78.8 Å². The molecule has 0 saturated heterocycles. The summed E-state index contributed by atoms with van der Waals surface area (Å²) >= 11 is 0. The van der Waals surface area contributed by atoms with Crippen LogP contribution >= 0.6 is 0 Å². The van der Waals surface area contributed by atoms with Gasteiger partial charge in [0.1, 0.15) is 11.4 Å². The molecule has 4 rings (SSSR count). The number of aryl methyl sites for hydroxylation is 3. The van der Waals surface area contributed by atoms with Crippen LogP contribution in [0.4, 0.5) is 11.4 Å². The Balaban J connectivity index is 1.84. The molecule has 0 fully saturated rings. The van der Waals surface area contributed by atoms with E-state index >= 15 is 0 Å². The smallest absolute Gasteiger partial charge is 0.282 e. The van der Waals surface area contributed by atoms with E-state index in [0.29, 0.717) is 28.5 Å². The zero-order valence-electron chi connectivity index (χ0n) is 20.5. The summed E-state index contributed by atoms with van der Waals surface area (Å²) in [6, 6.07) is 19.2. The molecule has 1 N–H and O–H groups in total. The second-order valence-corrected chi connectivity index (χ2v) is 9.07. The molecule has 0 aliphatic carbocycles. The quantitative estimate of drug-likeness (QED) is 0.455. The first kappa shape index (κ1) is 23.3. The predicted molar refractivity (Wildman–Crippen MR) is 137 cm³/mol. The van der Waals surface area contributed by atoms with Crippen molar-refractivity contribution in [3.8, 4) is 5.75 Å². The number of methoxy groups -OCH3 is 1. The van der Waals surface area contributed by atoms with Crippen LogP contribution in [0.3, 0.4) is 0 Å². The van der Waals surface area contributed by atoms with Crippen LogP contribution in [0, 0.1) is 20.8 Å². The SMILES string of the molecule is COc1ccc(C)cc1N1C(=O)C(Nc2ccc(C(C)C)cc2)=C(c2ccc(C)c(C)c2)C1=O. The molecule has 0 aromatic heterocycles. The molecule has 0 unspecified atom stereocenters. The van der Waals surface area contributed by atoms with Crippen molar-refractivity contribution in [2.24, 2.45) is 0 Å². The van der Waals surface area contributed by atoms with Gasteiger partial charge in [0, 0.05) is 5.69 Å². The van der Waals surface area contributed by atoms with Gasteiger partial charge in [-0.1, -0.05) is 50.2 Å². The molecule has 5 heteroatoms. The molecule has 174 valence electrons. The molecule has 3 aromatic carbocycles. The fraction of sp³-hybridized carbons (Fsp3) is 0.241.